The summed E-state index contributed by atoms with van der Waals surface area (Å²) in [6.45, 7) is 2.59. The lowest BCUT2D eigenvalue weighted by Gasteiger charge is -2.05. The fourth-order valence-corrected chi connectivity index (χ4v) is 1.36. The van der Waals surface area contributed by atoms with E-state index in [9.17, 15) is 4.79 Å². The van der Waals surface area contributed by atoms with Crippen LogP contribution >= 0.6 is 0 Å². The van der Waals surface area contributed by atoms with Gasteiger partial charge in [-0.15, -0.1) is 0 Å². The molecule has 0 fully saturated rings. The van der Waals surface area contributed by atoms with Gasteiger partial charge in [-0.25, -0.2) is 0 Å². The minimum Gasteiger partial charge on any atom is -0.494 e. The second-order valence-corrected chi connectivity index (χ2v) is 3.09. The number of ether oxygens (including phenoxy) is 1. The van der Waals surface area contributed by atoms with E-state index in [4.69, 9.17) is 4.74 Å². The molecule has 0 aliphatic rings. The molecular weight excluding hydrogens is 192 g/mol. The molecule has 1 aromatic carbocycles. The topological polar surface area (TPSA) is 47.0 Å². The molecule has 0 saturated heterocycles. The van der Waals surface area contributed by atoms with E-state index in [2.05, 4.69) is 5.10 Å². The van der Waals surface area contributed by atoms with Gasteiger partial charge in [0.05, 0.1) is 12.3 Å². The Hall–Kier alpha value is -1.97. The number of rotatable bonds is 3. The Labute approximate surface area is 87.1 Å². The molecular formula is C11H12N2O2. The van der Waals surface area contributed by atoms with Crippen molar-refractivity contribution >= 4 is 0 Å². The van der Waals surface area contributed by atoms with Crippen LogP contribution in [0.15, 0.2) is 41.3 Å². The molecule has 4 nitrogen and oxygen atoms in total. The Bertz CT molecular complexity index is 482. The van der Waals surface area contributed by atoms with E-state index in [1.807, 2.05) is 31.2 Å². The summed E-state index contributed by atoms with van der Waals surface area (Å²) in [6, 6.07) is 9.01. The molecule has 0 aliphatic heterocycles. The Balaban J connectivity index is 2.27. The standard InChI is InChI=1S/C11H12N2O2/c1-2-15-10-5-3-9(4-6-10)13-8-7-11(14)12-13/h3-8H,2H2,1H3,(H,12,14). The van der Waals surface area contributed by atoms with Crippen molar-refractivity contribution in [2.24, 2.45) is 0 Å². The molecule has 1 N–H and O–H groups in total. The normalized spacial score (nSPS) is 10.2. The molecule has 0 atom stereocenters. The maximum Gasteiger partial charge on any atom is 0.264 e. The molecule has 0 spiro atoms. The fraction of sp³-hybridized carbons (Fsp3) is 0.182. The SMILES string of the molecule is CCOc1ccc(-n2ccc(=O)[nH]2)cc1. The molecule has 4 heteroatoms. The van der Waals surface area contributed by atoms with Gasteiger partial charge in [0.15, 0.2) is 0 Å². The smallest absolute Gasteiger partial charge is 0.264 e. The summed E-state index contributed by atoms with van der Waals surface area (Å²) in [5, 5.41) is 2.66. The zero-order chi connectivity index (χ0) is 10.7. The summed E-state index contributed by atoms with van der Waals surface area (Å²) in [4.78, 5) is 10.9. The average molecular weight is 204 g/mol. The molecule has 2 aromatic rings. The Kier molecular flexibility index (Phi) is 2.58. The van der Waals surface area contributed by atoms with Crippen molar-refractivity contribution in [3.05, 3.63) is 46.9 Å². The van der Waals surface area contributed by atoms with Gasteiger partial charge in [-0.3, -0.25) is 14.6 Å². The van der Waals surface area contributed by atoms with Gasteiger partial charge in [0.25, 0.3) is 5.56 Å². The number of aromatic amines is 1. The molecule has 1 heterocycles. The Morgan fingerprint density at radius 1 is 1.27 bits per heavy atom. The number of nitrogens with zero attached hydrogens (tertiary/aromatic N) is 1. The minimum absolute atomic E-state index is 0.108. The Morgan fingerprint density at radius 3 is 2.53 bits per heavy atom. The molecule has 78 valence electrons. The van der Waals surface area contributed by atoms with Gasteiger partial charge in [0.1, 0.15) is 5.75 Å². The molecule has 0 unspecified atom stereocenters. The third kappa shape index (κ3) is 2.10. The molecule has 2 rings (SSSR count). The van der Waals surface area contributed by atoms with Crippen molar-refractivity contribution in [1.29, 1.82) is 0 Å². The van der Waals surface area contributed by atoms with Crippen molar-refractivity contribution in [3.8, 4) is 11.4 Å². The Morgan fingerprint density at radius 2 is 2.00 bits per heavy atom. The van der Waals surface area contributed by atoms with E-state index in [1.165, 1.54) is 6.07 Å². The van der Waals surface area contributed by atoms with Crippen LogP contribution < -0.4 is 10.3 Å². The monoisotopic (exact) mass is 204 g/mol. The van der Waals surface area contributed by atoms with E-state index in [0.29, 0.717) is 6.61 Å². The quantitative estimate of drug-likeness (QED) is 0.824. The van der Waals surface area contributed by atoms with Crippen LogP contribution in [0, 0.1) is 0 Å². The number of benzene rings is 1. The third-order valence-electron chi connectivity index (χ3n) is 2.03. The first-order valence-corrected chi connectivity index (χ1v) is 4.80. The van der Waals surface area contributed by atoms with Crippen LogP contribution in [0.1, 0.15) is 6.92 Å². The van der Waals surface area contributed by atoms with E-state index in [1.54, 1.807) is 10.9 Å². The summed E-state index contributed by atoms with van der Waals surface area (Å²) in [6.07, 6.45) is 1.69. The molecule has 0 amide bonds. The van der Waals surface area contributed by atoms with Gasteiger partial charge in [0, 0.05) is 12.3 Å². The summed E-state index contributed by atoms with van der Waals surface area (Å²) in [5.41, 5.74) is 0.796. The maximum atomic E-state index is 10.9. The summed E-state index contributed by atoms with van der Waals surface area (Å²) in [5.74, 6) is 0.829. The molecule has 0 radical (unpaired) electrons. The number of hydrogen-bond acceptors (Lipinski definition) is 2. The fourth-order valence-electron chi connectivity index (χ4n) is 1.36. The zero-order valence-electron chi connectivity index (χ0n) is 8.43. The van der Waals surface area contributed by atoms with Crippen LogP contribution in [0.5, 0.6) is 5.75 Å². The molecule has 15 heavy (non-hydrogen) atoms. The molecule has 1 aromatic heterocycles. The van der Waals surface area contributed by atoms with Crippen molar-refractivity contribution in [1.82, 2.24) is 9.78 Å². The third-order valence-corrected chi connectivity index (χ3v) is 2.03. The number of H-pyrrole nitrogens is 1. The van der Waals surface area contributed by atoms with Crippen LogP contribution in [0.4, 0.5) is 0 Å². The van der Waals surface area contributed by atoms with Gasteiger partial charge >= 0.3 is 0 Å². The highest BCUT2D eigenvalue weighted by Crippen LogP contribution is 2.13. The molecule has 0 bridgehead atoms. The largest absolute Gasteiger partial charge is 0.494 e. The molecule has 0 saturated carbocycles. The highest BCUT2D eigenvalue weighted by Gasteiger charge is 1.97. The van der Waals surface area contributed by atoms with E-state index in [-0.39, 0.29) is 5.56 Å². The van der Waals surface area contributed by atoms with Crippen molar-refractivity contribution in [2.75, 3.05) is 6.61 Å². The van der Waals surface area contributed by atoms with Gasteiger partial charge in [-0.1, -0.05) is 0 Å². The first-order chi connectivity index (χ1) is 7.29. The van der Waals surface area contributed by atoms with Gasteiger partial charge in [-0.2, -0.15) is 0 Å². The van der Waals surface area contributed by atoms with Crippen molar-refractivity contribution in [3.63, 3.8) is 0 Å². The van der Waals surface area contributed by atoms with E-state index >= 15 is 0 Å². The molecule has 0 aliphatic carbocycles. The predicted molar refractivity (Wildman–Crippen MR) is 57.6 cm³/mol. The van der Waals surface area contributed by atoms with Crippen molar-refractivity contribution in [2.45, 2.75) is 6.92 Å². The van der Waals surface area contributed by atoms with Gasteiger partial charge in [0.2, 0.25) is 0 Å². The van der Waals surface area contributed by atoms with Crippen LogP contribution in [0.25, 0.3) is 5.69 Å². The van der Waals surface area contributed by atoms with Gasteiger partial charge < -0.3 is 4.74 Å². The summed E-state index contributed by atoms with van der Waals surface area (Å²) < 4.78 is 6.99. The number of hydrogen-bond donors (Lipinski definition) is 1. The van der Waals surface area contributed by atoms with Crippen LogP contribution in [0.2, 0.25) is 0 Å². The second-order valence-electron chi connectivity index (χ2n) is 3.09. The highest BCUT2D eigenvalue weighted by molar-refractivity contribution is 5.36. The average Bonchev–Trinajstić information content (AvgIpc) is 2.67. The lowest BCUT2D eigenvalue weighted by Crippen LogP contribution is -2.03. The van der Waals surface area contributed by atoms with E-state index < -0.39 is 0 Å². The first-order valence-electron chi connectivity index (χ1n) is 4.80. The minimum atomic E-state index is -0.108. The van der Waals surface area contributed by atoms with Crippen molar-refractivity contribution < 1.29 is 4.74 Å². The summed E-state index contributed by atoms with van der Waals surface area (Å²) in [7, 11) is 0. The van der Waals surface area contributed by atoms with E-state index in [0.717, 1.165) is 11.4 Å². The predicted octanol–water partition coefficient (Wildman–Crippen LogP) is 1.56. The second kappa shape index (κ2) is 4.04. The lowest BCUT2D eigenvalue weighted by atomic mass is 10.3. The number of aromatic nitrogens is 2. The zero-order valence-corrected chi connectivity index (χ0v) is 8.43. The van der Waals surface area contributed by atoms with Crippen LogP contribution in [-0.4, -0.2) is 16.4 Å². The maximum absolute atomic E-state index is 10.9. The van der Waals surface area contributed by atoms with Gasteiger partial charge in [-0.05, 0) is 31.2 Å². The lowest BCUT2D eigenvalue weighted by molar-refractivity contribution is 0.340. The summed E-state index contributed by atoms with van der Waals surface area (Å²) >= 11 is 0. The van der Waals surface area contributed by atoms with Crippen LogP contribution in [0.3, 0.4) is 0 Å². The van der Waals surface area contributed by atoms with Crippen LogP contribution in [-0.2, 0) is 0 Å². The highest BCUT2D eigenvalue weighted by atomic mass is 16.5. The first kappa shape index (κ1) is 9.58. The number of nitrogens with one attached hydrogen (secondary N) is 1.